The van der Waals surface area contributed by atoms with E-state index in [2.05, 4.69) is 27.3 Å². The van der Waals surface area contributed by atoms with E-state index >= 15 is 0 Å². The first-order valence-corrected chi connectivity index (χ1v) is 7.75. The minimum Gasteiger partial charge on any atom is -0.385 e. The first-order valence-electron chi connectivity index (χ1n) is 5.81. The van der Waals surface area contributed by atoms with Gasteiger partial charge in [-0.1, -0.05) is 34.1 Å². The van der Waals surface area contributed by atoms with E-state index in [1.807, 2.05) is 18.2 Å². The average Bonchev–Trinajstić information content (AvgIpc) is 2.37. The summed E-state index contributed by atoms with van der Waals surface area (Å²) >= 11 is 5.11. The molecule has 0 heterocycles. The second kappa shape index (κ2) is 9.42. The van der Waals surface area contributed by atoms with Gasteiger partial charge in [-0.15, -0.1) is 11.8 Å². The molecule has 18 heavy (non-hydrogen) atoms. The van der Waals surface area contributed by atoms with Gasteiger partial charge in [0.1, 0.15) is 0 Å². The number of carbonyl (C=O) groups excluding carboxylic acids is 1. The Morgan fingerprint density at radius 2 is 2.22 bits per heavy atom. The zero-order chi connectivity index (χ0) is 13.2. The molecule has 0 unspecified atom stereocenters. The van der Waals surface area contributed by atoms with Gasteiger partial charge in [0.05, 0.1) is 5.75 Å². The quantitative estimate of drug-likeness (QED) is 0.744. The van der Waals surface area contributed by atoms with Gasteiger partial charge in [0.25, 0.3) is 0 Å². The third kappa shape index (κ3) is 6.42. The van der Waals surface area contributed by atoms with E-state index in [4.69, 9.17) is 4.74 Å². The molecule has 0 atom stereocenters. The molecule has 5 heteroatoms. The molecule has 1 amide bonds. The van der Waals surface area contributed by atoms with Crippen molar-refractivity contribution >= 4 is 33.6 Å². The second-order valence-corrected chi connectivity index (χ2v) is 5.62. The van der Waals surface area contributed by atoms with E-state index in [1.54, 1.807) is 18.9 Å². The van der Waals surface area contributed by atoms with Gasteiger partial charge >= 0.3 is 0 Å². The monoisotopic (exact) mass is 331 g/mol. The maximum absolute atomic E-state index is 11.5. The summed E-state index contributed by atoms with van der Waals surface area (Å²) in [6.07, 6.45) is 0.858. The van der Waals surface area contributed by atoms with E-state index in [-0.39, 0.29) is 5.91 Å². The standard InChI is InChI=1S/C13H18BrNO2S/c1-17-8-4-7-15-13(16)10-18-9-11-5-2-3-6-12(11)14/h2-3,5-6H,4,7-10H2,1H3,(H,15,16). The first-order chi connectivity index (χ1) is 8.74. The Morgan fingerprint density at radius 3 is 2.94 bits per heavy atom. The summed E-state index contributed by atoms with van der Waals surface area (Å²) in [5.74, 6) is 1.42. The average molecular weight is 332 g/mol. The highest BCUT2D eigenvalue weighted by Crippen LogP contribution is 2.20. The SMILES string of the molecule is COCCCNC(=O)CSCc1ccccc1Br. The highest BCUT2D eigenvalue weighted by Gasteiger charge is 2.03. The lowest BCUT2D eigenvalue weighted by Crippen LogP contribution is -2.26. The lowest BCUT2D eigenvalue weighted by Gasteiger charge is -2.06. The van der Waals surface area contributed by atoms with Gasteiger partial charge in [0.2, 0.25) is 5.91 Å². The molecule has 0 saturated carbocycles. The van der Waals surface area contributed by atoms with Crippen LogP contribution in [0, 0.1) is 0 Å². The molecule has 0 aliphatic rings. The van der Waals surface area contributed by atoms with Gasteiger partial charge in [-0.3, -0.25) is 4.79 Å². The molecular weight excluding hydrogens is 314 g/mol. The summed E-state index contributed by atoms with van der Waals surface area (Å²) in [7, 11) is 1.66. The Hall–Kier alpha value is -0.520. The van der Waals surface area contributed by atoms with Crippen LogP contribution >= 0.6 is 27.7 Å². The normalized spacial score (nSPS) is 10.3. The van der Waals surface area contributed by atoms with E-state index in [0.29, 0.717) is 18.9 Å². The second-order valence-electron chi connectivity index (χ2n) is 3.78. The molecule has 0 aliphatic heterocycles. The molecule has 0 spiro atoms. The molecule has 1 aromatic rings. The van der Waals surface area contributed by atoms with Crippen molar-refractivity contribution in [2.45, 2.75) is 12.2 Å². The van der Waals surface area contributed by atoms with Crippen LogP contribution in [-0.2, 0) is 15.3 Å². The van der Waals surface area contributed by atoms with Gasteiger partial charge in [-0.2, -0.15) is 0 Å². The van der Waals surface area contributed by atoms with Gasteiger partial charge < -0.3 is 10.1 Å². The summed E-state index contributed by atoms with van der Waals surface area (Å²) in [6.45, 7) is 1.37. The Bertz CT molecular complexity index is 374. The fourth-order valence-electron chi connectivity index (χ4n) is 1.36. The van der Waals surface area contributed by atoms with Crippen molar-refractivity contribution in [1.82, 2.24) is 5.32 Å². The van der Waals surface area contributed by atoms with Crippen molar-refractivity contribution in [1.29, 1.82) is 0 Å². The maximum atomic E-state index is 11.5. The lowest BCUT2D eigenvalue weighted by atomic mass is 10.2. The zero-order valence-electron chi connectivity index (χ0n) is 10.4. The molecule has 0 bridgehead atoms. The number of halogens is 1. The van der Waals surface area contributed by atoms with Gasteiger partial charge in [-0.25, -0.2) is 0 Å². The molecule has 100 valence electrons. The minimum atomic E-state index is 0.0863. The summed E-state index contributed by atoms with van der Waals surface area (Å²) in [5.41, 5.74) is 1.22. The van der Waals surface area contributed by atoms with Gasteiger partial charge in [-0.05, 0) is 18.1 Å². The Labute approximate surface area is 121 Å². The van der Waals surface area contributed by atoms with Crippen LogP contribution in [0.1, 0.15) is 12.0 Å². The van der Waals surface area contributed by atoms with Gasteiger partial charge in [0.15, 0.2) is 0 Å². The molecule has 0 radical (unpaired) electrons. The van der Waals surface area contributed by atoms with Crippen LogP contribution in [0.2, 0.25) is 0 Å². The topological polar surface area (TPSA) is 38.3 Å². The van der Waals surface area contributed by atoms with Crippen molar-refractivity contribution in [2.24, 2.45) is 0 Å². The molecule has 1 N–H and O–H groups in total. The predicted molar refractivity (Wildman–Crippen MR) is 79.8 cm³/mol. The van der Waals surface area contributed by atoms with Crippen LogP contribution < -0.4 is 5.32 Å². The number of rotatable bonds is 8. The van der Waals surface area contributed by atoms with E-state index in [9.17, 15) is 4.79 Å². The number of ether oxygens (including phenoxy) is 1. The Kier molecular flexibility index (Phi) is 8.13. The maximum Gasteiger partial charge on any atom is 0.230 e. The number of hydrogen-bond donors (Lipinski definition) is 1. The summed E-state index contributed by atoms with van der Waals surface area (Å²) in [4.78, 5) is 11.5. The minimum absolute atomic E-state index is 0.0863. The first kappa shape index (κ1) is 15.5. The fraction of sp³-hybridized carbons (Fsp3) is 0.462. The van der Waals surface area contributed by atoms with Crippen molar-refractivity contribution in [3.8, 4) is 0 Å². The number of carbonyl (C=O) groups is 1. The largest absolute Gasteiger partial charge is 0.385 e. The summed E-state index contributed by atoms with van der Waals surface area (Å²) in [6, 6.07) is 8.07. The molecule has 0 aromatic heterocycles. The number of amides is 1. The number of methoxy groups -OCH3 is 1. The third-order valence-corrected chi connectivity index (χ3v) is 4.05. The highest BCUT2D eigenvalue weighted by molar-refractivity contribution is 9.10. The zero-order valence-corrected chi connectivity index (χ0v) is 12.9. The predicted octanol–water partition coefficient (Wildman–Crippen LogP) is 2.84. The fourth-order valence-corrected chi connectivity index (χ4v) is 2.84. The molecule has 0 aliphatic carbocycles. The van der Waals surface area contributed by atoms with Crippen molar-refractivity contribution in [2.75, 3.05) is 26.0 Å². The van der Waals surface area contributed by atoms with Crippen LogP contribution in [-0.4, -0.2) is 31.9 Å². The third-order valence-electron chi connectivity index (χ3n) is 2.30. The summed E-state index contributed by atoms with van der Waals surface area (Å²) in [5, 5.41) is 2.87. The van der Waals surface area contributed by atoms with Crippen LogP contribution in [0.15, 0.2) is 28.7 Å². The van der Waals surface area contributed by atoms with E-state index in [1.165, 1.54) is 5.56 Å². The number of thioether (sulfide) groups is 1. The molecule has 1 aromatic carbocycles. The molecule has 1 rings (SSSR count). The van der Waals surface area contributed by atoms with Crippen LogP contribution in [0.25, 0.3) is 0 Å². The number of nitrogens with one attached hydrogen (secondary N) is 1. The molecular formula is C13H18BrNO2S. The van der Waals surface area contributed by atoms with Crippen molar-refractivity contribution in [3.63, 3.8) is 0 Å². The number of benzene rings is 1. The molecule has 0 fully saturated rings. The summed E-state index contributed by atoms with van der Waals surface area (Å²) < 4.78 is 6.01. The van der Waals surface area contributed by atoms with E-state index < -0.39 is 0 Å². The number of hydrogen-bond acceptors (Lipinski definition) is 3. The van der Waals surface area contributed by atoms with Crippen molar-refractivity contribution < 1.29 is 9.53 Å². The Balaban J connectivity index is 2.14. The highest BCUT2D eigenvalue weighted by atomic mass is 79.9. The molecule has 0 saturated heterocycles. The Morgan fingerprint density at radius 1 is 1.44 bits per heavy atom. The molecule has 3 nitrogen and oxygen atoms in total. The smallest absolute Gasteiger partial charge is 0.230 e. The van der Waals surface area contributed by atoms with Crippen LogP contribution in [0.3, 0.4) is 0 Å². The van der Waals surface area contributed by atoms with E-state index in [0.717, 1.165) is 16.6 Å². The van der Waals surface area contributed by atoms with Crippen molar-refractivity contribution in [3.05, 3.63) is 34.3 Å². The lowest BCUT2D eigenvalue weighted by molar-refractivity contribution is -0.118. The van der Waals surface area contributed by atoms with Crippen LogP contribution in [0.5, 0.6) is 0 Å². The van der Waals surface area contributed by atoms with Crippen LogP contribution in [0.4, 0.5) is 0 Å². The van der Waals surface area contributed by atoms with Gasteiger partial charge in [0, 0.05) is 30.5 Å².